The van der Waals surface area contributed by atoms with Gasteiger partial charge in [-0.1, -0.05) is 0 Å². The predicted molar refractivity (Wildman–Crippen MR) is 243 cm³/mol. The number of aliphatic hydroxyl groups is 15. The quantitative estimate of drug-likeness (QED) is 0.0503. The van der Waals surface area contributed by atoms with Gasteiger partial charge in [-0.25, -0.2) is 4.18 Å². The maximum atomic E-state index is 12.7. The Kier molecular flexibility index (Phi) is 23.0. The number of carbonyl (C=O) groups is 3. The van der Waals surface area contributed by atoms with Gasteiger partial charge in [0.1, 0.15) is 140 Å². The zero-order chi connectivity index (χ0) is 58.7. The number of amides is 3. The summed E-state index contributed by atoms with van der Waals surface area (Å²) < 4.78 is 101. The van der Waals surface area contributed by atoms with E-state index in [1.165, 1.54) is 6.92 Å². The van der Waals surface area contributed by atoms with Crippen LogP contribution in [0.2, 0.25) is 0 Å². The van der Waals surface area contributed by atoms with Gasteiger partial charge in [-0.15, -0.1) is 0 Å². The fourth-order valence-corrected chi connectivity index (χ4v) is 9.88. The van der Waals surface area contributed by atoms with Crippen LogP contribution in [0.15, 0.2) is 0 Å². The average molecular weight is 1180 g/mol. The maximum Gasteiger partial charge on any atom is 0.397 e. The summed E-state index contributed by atoms with van der Waals surface area (Å²) in [5.41, 5.74) is 0. The third-order valence-corrected chi connectivity index (χ3v) is 14.2. The molecule has 36 nitrogen and oxygen atoms in total. The molecule has 6 saturated heterocycles. The highest BCUT2D eigenvalue weighted by Crippen LogP contribution is 2.37. The number of carbonyl (C=O) groups excluding carboxylic acids is 3. The van der Waals surface area contributed by atoms with Gasteiger partial charge in [-0.05, 0) is 6.92 Å². The number of rotatable bonds is 20. The Morgan fingerprint density at radius 1 is 0.418 bits per heavy atom. The van der Waals surface area contributed by atoms with Crippen molar-refractivity contribution in [2.45, 2.75) is 212 Å². The minimum absolute atomic E-state index is 0.773. The summed E-state index contributed by atoms with van der Waals surface area (Å²) in [6.07, 6.45) is -53.4. The topological polar surface area (TPSA) is 556 Å². The maximum absolute atomic E-state index is 12.7. The van der Waals surface area contributed by atoms with Gasteiger partial charge in [-0.2, -0.15) is 8.42 Å². The van der Waals surface area contributed by atoms with Crippen LogP contribution in [0.1, 0.15) is 27.7 Å². The second-order valence-corrected chi connectivity index (χ2v) is 20.6. The van der Waals surface area contributed by atoms with Crippen LogP contribution in [-0.2, 0) is 81.1 Å². The molecule has 37 heteroatoms. The standard InChI is InChI=1S/C42H71N3O33S/c1-10-22(51)30(59)32(61)40(70-10)78-36-35(77-41-33(62)31(60)24(53)15(6-47)73-41)27(56)17(8-68-38-19(43-11(2)48)28(57)23(52)14(5-46)72-38)75-42(36)76-34-21(45-13(4)50)37(63)71-16(26(34)55)7-67-39-20(44-12(3)49)29(58)25(54)18(74-39)9-69-79(64,65)66/h10,14-42,46-47,51-63H,5-9H2,1-4H3,(H,43,48)(H,44,49)(H,45,50)(H,64,65,66)/t10-,14+,15+,16+,17+,18+,19+,20+,21+,22+,23+,24-,25+,26-,27-,28+,29+,30+,31-,32-,33+,34+,35-,36+,37?,38+,39+,40-,41-,42-/m0/s1. The van der Waals surface area contributed by atoms with Gasteiger partial charge in [0, 0.05) is 20.8 Å². The van der Waals surface area contributed by atoms with Crippen molar-refractivity contribution in [1.29, 1.82) is 0 Å². The molecule has 6 fully saturated rings. The molecular weight excluding hydrogens is 1110 g/mol. The molecule has 0 bridgehead atoms. The fraction of sp³-hybridized carbons (Fsp3) is 0.929. The van der Waals surface area contributed by atoms with Crippen LogP contribution in [0, 0.1) is 0 Å². The number of aliphatic hydroxyl groups excluding tert-OH is 15. The lowest BCUT2D eigenvalue weighted by Gasteiger charge is -2.51. The summed E-state index contributed by atoms with van der Waals surface area (Å²) >= 11 is 0. The van der Waals surface area contributed by atoms with Crippen LogP contribution < -0.4 is 16.0 Å². The Labute approximate surface area is 448 Å². The monoisotopic (exact) mass is 1180 g/mol. The van der Waals surface area contributed by atoms with Crippen molar-refractivity contribution in [1.82, 2.24) is 16.0 Å². The minimum atomic E-state index is -5.15. The van der Waals surface area contributed by atoms with E-state index in [1.807, 2.05) is 0 Å². The normalized spacial score (nSPS) is 47.0. The highest BCUT2D eigenvalue weighted by atomic mass is 32.3. The number of hydrogen-bond donors (Lipinski definition) is 19. The highest BCUT2D eigenvalue weighted by molar-refractivity contribution is 7.80. The minimum Gasteiger partial charge on any atom is -0.394 e. The SMILES string of the molecule is CC(=O)N[C@H]1[C@H](OC[C@H]2O[C@@H](O[C@H]3[C@@H](O)[C@@H](CO[C@@H]4O[C@H](COS(=O)(=O)O)[C@@H](O)[C@H](O)[C@H]4NC(C)=O)OC(O)[C@@H]3NC(C)=O)[C@H](O[C@@H]3O[C@@H](C)[C@@H](O)[C@@H](O)[C@@H]3O)[C@@H](O[C@@H]3O[C@H](CO)[C@H](O)[C@H](O)[C@H]3O)[C@H]2O)O[C@H](CO)[C@@H](O)[C@@H]1O. The van der Waals surface area contributed by atoms with E-state index < -0.39 is 245 Å². The molecule has 3 amide bonds. The molecule has 0 aromatic carbocycles. The molecule has 0 aromatic rings. The molecule has 0 aliphatic carbocycles. The summed E-state index contributed by atoms with van der Waals surface area (Å²) in [5.74, 6) is -2.50. The Morgan fingerprint density at radius 3 is 1.30 bits per heavy atom. The molecule has 6 aliphatic heterocycles. The molecule has 0 aromatic heterocycles. The van der Waals surface area contributed by atoms with Crippen LogP contribution >= 0.6 is 0 Å². The van der Waals surface area contributed by atoms with E-state index in [4.69, 9.17) is 56.7 Å². The lowest BCUT2D eigenvalue weighted by atomic mass is 9.94. The molecule has 30 atom stereocenters. The molecule has 6 aliphatic rings. The van der Waals surface area contributed by atoms with Crippen molar-refractivity contribution in [2.24, 2.45) is 0 Å². The fourth-order valence-electron chi connectivity index (χ4n) is 9.57. The predicted octanol–water partition coefficient (Wildman–Crippen LogP) is -12.8. The van der Waals surface area contributed by atoms with E-state index in [0.717, 1.165) is 20.8 Å². The van der Waals surface area contributed by atoms with Crippen molar-refractivity contribution < 1.29 is 160 Å². The van der Waals surface area contributed by atoms with Crippen LogP contribution in [-0.4, -0.2) is 324 Å². The summed E-state index contributed by atoms with van der Waals surface area (Å²) in [5, 5.41) is 171. The van der Waals surface area contributed by atoms with E-state index in [1.54, 1.807) is 0 Å². The second kappa shape index (κ2) is 27.8. The number of hydrogen-bond acceptors (Lipinski definition) is 32. The smallest absolute Gasteiger partial charge is 0.394 e. The Hall–Kier alpha value is -2.76. The highest BCUT2D eigenvalue weighted by Gasteiger charge is 2.58. The van der Waals surface area contributed by atoms with E-state index in [0.29, 0.717) is 0 Å². The average Bonchev–Trinajstić information content (AvgIpc) is 3.50. The molecule has 0 spiro atoms. The zero-order valence-corrected chi connectivity index (χ0v) is 43.2. The van der Waals surface area contributed by atoms with Crippen LogP contribution in [0.3, 0.4) is 0 Å². The molecule has 6 heterocycles. The molecule has 0 saturated carbocycles. The Morgan fingerprint density at radius 2 is 0.797 bits per heavy atom. The van der Waals surface area contributed by atoms with Gasteiger partial charge in [0.05, 0.1) is 39.1 Å². The van der Waals surface area contributed by atoms with Crippen molar-refractivity contribution in [3.63, 3.8) is 0 Å². The van der Waals surface area contributed by atoms with Crippen molar-refractivity contribution in [2.75, 3.05) is 33.0 Å². The van der Waals surface area contributed by atoms with Crippen molar-refractivity contribution >= 4 is 28.1 Å². The zero-order valence-electron chi connectivity index (χ0n) is 42.4. The van der Waals surface area contributed by atoms with Gasteiger partial charge >= 0.3 is 10.4 Å². The van der Waals surface area contributed by atoms with Gasteiger partial charge in [-0.3, -0.25) is 18.9 Å². The van der Waals surface area contributed by atoms with Crippen LogP contribution in [0.25, 0.3) is 0 Å². The first-order chi connectivity index (χ1) is 37.0. The van der Waals surface area contributed by atoms with Crippen molar-refractivity contribution in [3.05, 3.63) is 0 Å². The van der Waals surface area contributed by atoms with E-state index in [-0.39, 0.29) is 0 Å². The molecule has 19 N–H and O–H groups in total. The first-order valence-electron chi connectivity index (χ1n) is 24.6. The summed E-state index contributed by atoms with van der Waals surface area (Å²) in [6.45, 7) is -0.700. The molecule has 6 rings (SSSR count). The number of ether oxygens (including phenoxy) is 11. The Bertz CT molecular complexity index is 2110. The lowest BCUT2D eigenvalue weighted by molar-refractivity contribution is -0.403. The first kappa shape index (κ1) is 65.4. The van der Waals surface area contributed by atoms with Gasteiger partial charge in [0.25, 0.3) is 0 Å². The molecule has 1 unspecified atom stereocenters. The molecular formula is C42H71N3O33S. The Balaban J connectivity index is 1.40. The summed E-state index contributed by atoms with van der Waals surface area (Å²) in [7, 11) is -5.15. The second-order valence-electron chi connectivity index (χ2n) is 19.6. The van der Waals surface area contributed by atoms with Crippen LogP contribution in [0.5, 0.6) is 0 Å². The van der Waals surface area contributed by atoms with Crippen molar-refractivity contribution in [3.8, 4) is 0 Å². The van der Waals surface area contributed by atoms with Crippen LogP contribution in [0.4, 0.5) is 0 Å². The summed E-state index contributed by atoms with van der Waals surface area (Å²) in [6, 6.07) is -5.14. The van der Waals surface area contributed by atoms with E-state index in [9.17, 15) is 99.4 Å². The third-order valence-electron chi connectivity index (χ3n) is 13.8. The van der Waals surface area contributed by atoms with Gasteiger partial charge in [0.2, 0.25) is 17.7 Å². The van der Waals surface area contributed by atoms with E-state index >= 15 is 0 Å². The number of nitrogens with one attached hydrogen (secondary N) is 3. The van der Waals surface area contributed by atoms with Gasteiger partial charge in [0.15, 0.2) is 37.7 Å². The molecule has 79 heavy (non-hydrogen) atoms. The lowest BCUT2D eigenvalue weighted by Crippen LogP contribution is -2.70. The van der Waals surface area contributed by atoms with E-state index in [2.05, 4.69) is 20.1 Å². The first-order valence-corrected chi connectivity index (χ1v) is 26.0. The summed E-state index contributed by atoms with van der Waals surface area (Å²) in [4.78, 5) is 37.2. The molecule has 458 valence electrons. The largest absolute Gasteiger partial charge is 0.397 e. The molecule has 0 radical (unpaired) electrons. The van der Waals surface area contributed by atoms with Gasteiger partial charge < -0.3 is 145 Å². The third kappa shape index (κ3) is 15.5.